The van der Waals surface area contributed by atoms with E-state index in [1.54, 1.807) is 49.4 Å². The molecule has 3 aromatic rings. The van der Waals surface area contributed by atoms with Gasteiger partial charge >= 0.3 is 11.9 Å². The molecular weight excluding hydrogens is 518 g/mol. The number of methoxy groups -OCH3 is 2. The molecule has 0 bridgehead atoms. The first kappa shape index (κ1) is 27.6. The zero-order valence-corrected chi connectivity index (χ0v) is 21.8. The fraction of sp³-hybridized carbons (Fsp3) is 0.138. The molecule has 0 spiro atoms. The summed E-state index contributed by atoms with van der Waals surface area (Å²) >= 11 is 0. The van der Waals surface area contributed by atoms with Gasteiger partial charge in [0.05, 0.1) is 48.0 Å². The molecule has 2 N–H and O–H groups in total. The van der Waals surface area contributed by atoms with E-state index in [-0.39, 0.29) is 23.6 Å². The van der Waals surface area contributed by atoms with Gasteiger partial charge in [-0.15, -0.1) is 0 Å². The molecule has 0 aromatic heterocycles. The second kappa shape index (κ2) is 11.9. The van der Waals surface area contributed by atoms with E-state index < -0.39 is 17.8 Å². The van der Waals surface area contributed by atoms with Crippen molar-refractivity contribution in [2.75, 3.05) is 31.2 Å². The number of anilines is 2. The summed E-state index contributed by atoms with van der Waals surface area (Å²) in [6, 6.07) is 17.2. The van der Waals surface area contributed by atoms with Crippen molar-refractivity contribution < 1.29 is 38.5 Å². The summed E-state index contributed by atoms with van der Waals surface area (Å²) in [6.07, 6.45) is 1.65. The molecule has 0 atom stereocenters. The van der Waals surface area contributed by atoms with Crippen molar-refractivity contribution in [2.24, 2.45) is 5.10 Å². The molecule has 1 aliphatic heterocycles. The van der Waals surface area contributed by atoms with E-state index in [9.17, 15) is 19.2 Å². The third kappa shape index (κ3) is 5.99. The van der Waals surface area contributed by atoms with Gasteiger partial charge in [0.2, 0.25) is 0 Å². The Morgan fingerprint density at radius 3 is 2.40 bits per heavy atom. The first-order valence-corrected chi connectivity index (χ1v) is 11.9. The second-order valence-electron chi connectivity index (χ2n) is 8.50. The van der Waals surface area contributed by atoms with Crippen molar-refractivity contribution in [1.82, 2.24) is 0 Å². The van der Waals surface area contributed by atoms with E-state index in [2.05, 4.69) is 10.4 Å². The molecule has 0 aliphatic carbocycles. The van der Waals surface area contributed by atoms with Crippen molar-refractivity contribution in [1.29, 1.82) is 0 Å². The van der Waals surface area contributed by atoms with Crippen LogP contribution in [0.2, 0.25) is 0 Å². The molecule has 3 aromatic carbocycles. The van der Waals surface area contributed by atoms with E-state index in [1.165, 1.54) is 49.6 Å². The number of para-hydroxylation sites is 1. The number of nitrogens with one attached hydrogen (secondary N) is 1. The van der Waals surface area contributed by atoms with Crippen LogP contribution in [0, 0.1) is 0 Å². The fourth-order valence-electron chi connectivity index (χ4n) is 3.87. The summed E-state index contributed by atoms with van der Waals surface area (Å²) in [6.45, 7) is 1.34. The molecule has 0 radical (unpaired) electrons. The predicted octanol–water partition coefficient (Wildman–Crippen LogP) is 4.00. The Bertz CT molecular complexity index is 1540. The minimum atomic E-state index is -1.06. The van der Waals surface area contributed by atoms with Crippen molar-refractivity contribution >= 4 is 46.9 Å². The lowest BCUT2D eigenvalue weighted by Crippen LogP contribution is -2.22. The van der Waals surface area contributed by atoms with Crippen molar-refractivity contribution in [3.8, 4) is 11.5 Å². The standard InChI is InChI=1S/C29H25N3O8/c1-17-22(27(34)32(31-17)20-11-9-19(10-12-20)28(35)36)14-18-8-13-24(25(15-18)38-2)40-16-26(33)30-23-7-5-4-6-21(23)29(37)39-3/h4-15H,16H2,1-3H3,(H,30,33)(H,35,36)/b22-14+. The number of amides is 2. The third-order valence-electron chi connectivity index (χ3n) is 5.89. The smallest absolute Gasteiger partial charge is 0.339 e. The molecule has 0 saturated heterocycles. The minimum Gasteiger partial charge on any atom is -0.493 e. The Kier molecular flexibility index (Phi) is 8.24. The van der Waals surface area contributed by atoms with Crippen LogP contribution in [-0.2, 0) is 14.3 Å². The number of carboxylic acids is 1. The summed E-state index contributed by atoms with van der Waals surface area (Å²) in [7, 11) is 2.70. The van der Waals surface area contributed by atoms with E-state index >= 15 is 0 Å². The van der Waals surface area contributed by atoms with Crippen LogP contribution in [0.1, 0.15) is 33.2 Å². The third-order valence-corrected chi connectivity index (χ3v) is 5.89. The maximum Gasteiger partial charge on any atom is 0.339 e. The van der Waals surface area contributed by atoms with E-state index in [0.717, 1.165) is 0 Å². The monoisotopic (exact) mass is 543 g/mol. The molecule has 11 heteroatoms. The van der Waals surface area contributed by atoms with Crippen molar-refractivity contribution in [3.05, 3.63) is 89.0 Å². The predicted molar refractivity (Wildman–Crippen MR) is 147 cm³/mol. The number of rotatable bonds is 9. The SMILES string of the molecule is COC(=O)c1ccccc1NC(=O)COc1ccc(/C=C2/C(=O)N(c3ccc(C(=O)O)cc3)N=C2C)cc1OC. The number of carboxylic acid groups (broad SMARTS) is 1. The van der Waals surface area contributed by atoms with Crippen LogP contribution in [0.3, 0.4) is 0 Å². The lowest BCUT2D eigenvalue weighted by molar-refractivity contribution is -0.118. The number of hydrogen-bond donors (Lipinski definition) is 2. The highest BCUT2D eigenvalue weighted by Crippen LogP contribution is 2.31. The Morgan fingerprint density at radius 1 is 1.00 bits per heavy atom. The number of hydrogen-bond acceptors (Lipinski definition) is 8. The number of carbonyl (C=O) groups excluding carboxylic acids is 3. The van der Waals surface area contributed by atoms with Gasteiger partial charge in [0.25, 0.3) is 11.8 Å². The highest BCUT2D eigenvalue weighted by molar-refractivity contribution is 6.32. The second-order valence-corrected chi connectivity index (χ2v) is 8.50. The summed E-state index contributed by atoms with van der Waals surface area (Å²) in [5.74, 6) is -1.88. The van der Waals surface area contributed by atoms with Crippen molar-refractivity contribution in [3.63, 3.8) is 0 Å². The van der Waals surface area contributed by atoms with Crippen LogP contribution < -0.4 is 19.8 Å². The molecule has 0 fully saturated rings. The quantitative estimate of drug-likeness (QED) is 0.304. The lowest BCUT2D eigenvalue weighted by atomic mass is 10.1. The van der Waals surface area contributed by atoms with E-state index in [4.69, 9.17) is 19.3 Å². The van der Waals surface area contributed by atoms with E-state index in [0.29, 0.717) is 39.7 Å². The fourth-order valence-corrected chi connectivity index (χ4v) is 3.87. The average molecular weight is 544 g/mol. The lowest BCUT2D eigenvalue weighted by Gasteiger charge is -2.13. The summed E-state index contributed by atoms with van der Waals surface area (Å²) in [5, 5.41) is 17.2. The first-order valence-electron chi connectivity index (χ1n) is 11.9. The Labute approximate surface area is 229 Å². The topological polar surface area (TPSA) is 144 Å². The maximum atomic E-state index is 13.1. The molecule has 0 saturated carbocycles. The normalized spacial score (nSPS) is 13.6. The molecule has 11 nitrogen and oxygen atoms in total. The van der Waals surface area contributed by atoms with Gasteiger partial charge < -0.3 is 24.6 Å². The Morgan fingerprint density at radius 2 is 1.73 bits per heavy atom. The molecule has 1 heterocycles. The van der Waals surface area contributed by atoms with Crippen LogP contribution >= 0.6 is 0 Å². The maximum absolute atomic E-state index is 13.1. The number of esters is 1. The number of ether oxygens (including phenoxy) is 3. The van der Waals surface area contributed by atoms with Gasteiger partial charge in [-0.2, -0.15) is 10.1 Å². The van der Waals surface area contributed by atoms with Gasteiger partial charge in [-0.3, -0.25) is 9.59 Å². The molecule has 204 valence electrons. The zero-order valence-electron chi connectivity index (χ0n) is 21.8. The molecular formula is C29H25N3O8. The summed E-state index contributed by atoms with van der Waals surface area (Å²) in [4.78, 5) is 48.6. The number of nitrogens with zero attached hydrogens (tertiary/aromatic N) is 2. The first-order chi connectivity index (χ1) is 19.2. The summed E-state index contributed by atoms with van der Waals surface area (Å²) in [5.41, 5.74) is 2.50. The van der Waals surface area contributed by atoms with Crippen LogP contribution in [0.25, 0.3) is 6.08 Å². The molecule has 2 amide bonds. The van der Waals surface area contributed by atoms with Crippen LogP contribution in [0.15, 0.2) is 77.4 Å². The molecule has 4 rings (SSSR count). The molecule has 1 aliphatic rings. The average Bonchev–Trinajstić information content (AvgIpc) is 3.24. The number of carbonyl (C=O) groups is 4. The molecule has 0 unspecified atom stereocenters. The van der Waals surface area contributed by atoms with Crippen molar-refractivity contribution in [2.45, 2.75) is 6.92 Å². The van der Waals surface area contributed by atoms with Crippen LogP contribution in [0.4, 0.5) is 11.4 Å². The molecule has 40 heavy (non-hydrogen) atoms. The van der Waals surface area contributed by atoms with E-state index in [1.807, 2.05) is 0 Å². The highest BCUT2D eigenvalue weighted by atomic mass is 16.5. The Balaban J connectivity index is 1.45. The van der Waals surface area contributed by atoms with Crippen LogP contribution in [0.5, 0.6) is 11.5 Å². The zero-order chi connectivity index (χ0) is 28.8. The highest BCUT2D eigenvalue weighted by Gasteiger charge is 2.29. The largest absolute Gasteiger partial charge is 0.493 e. The summed E-state index contributed by atoms with van der Waals surface area (Å²) < 4.78 is 15.8. The number of hydrazone groups is 1. The minimum absolute atomic E-state index is 0.102. The number of aromatic carboxylic acids is 1. The Hall–Kier alpha value is -5.45. The van der Waals surface area contributed by atoms with Gasteiger partial charge in [0.15, 0.2) is 18.1 Å². The van der Waals surface area contributed by atoms with Gasteiger partial charge in [-0.05, 0) is 67.1 Å². The van der Waals surface area contributed by atoms with Crippen LogP contribution in [-0.4, -0.2) is 55.4 Å². The number of benzene rings is 3. The van der Waals surface area contributed by atoms with Gasteiger partial charge in [-0.25, -0.2) is 9.59 Å². The van der Waals surface area contributed by atoms with Gasteiger partial charge in [0.1, 0.15) is 0 Å². The van der Waals surface area contributed by atoms with Gasteiger partial charge in [0, 0.05) is 0 Å². The van der Waals surface area contributed by atoms with Gasteiger partial charge in [-0.1, -0.05) is 18.2 Å².